The first kappa shape index (κ1) is 11.4. The second-order valence-electron chi connectivity index (χ2n) is 2.97. The topological polar surface area (TPSA) is 40.5 Å². The van der Waals surface area contributed by atoms with Crippen LogP contribution in [0.25, 0.3) is 0 Å². The van der Waals surface area contributed by atoms with E-state index in [-0.39, 0.29) is 0 Å². The van der Waals surface area contributed by atoms with Gasteiger partial charge in [-0.15, -0.1) is 5.73 Å². The molecule has 0 aromatic carbocycles. The third kappa shape index (κ3) is 2.82. The lowest BCUT2D eigenvalue weighted by atomic mass is 9.89. The van der Waals surface area contributed by atoms with Gasteiger partial charge >= 0.3 is 0 Å². The van der Waals surface area contributed by atoms with Crippen molar-refractivity contribution in [2.45, 2.75) is 44.8 Å². The highest BCUT2D eigenvalue weighted by molar-refractivity contribution is 4.90. The van der Waals surface area contributed by atoms with Crippen molar-refractivity contribution in [2.24, 2.45) is 0 Å². The first-order chi connectivity index (χ1) is 5.60. The van der Waals surface area contributed by atoms with E-state index in [1.807, 2.05) is 13.8 Å². The minimum absolute atomic E-state index is 0.418. The summed E-state index contributed by atoms with van der Waals surface area (Å²) in [5, 5.41) is 19.4. The summed E-state index contributed by atoms with van der Waals surface area (Å²) in [6, 6.07) is 0. The van der Waals surface area contributed by atoms with Crippen molar-refractivity contribution < 1.29 is 10.2 Å². The first-order valence-corrected chi connectivity index (χ1v) is 4.35. The lowest BCUT2D eigenvalue weighted by Crippen LogP contribution is -2.40. The number of rotatable bonds is 5. The number of aliphatic hydroxyl groups is 2. The second-order valence-corrected chi connectivity index (χ2v) is 2.97. The van der Waals surface area contributed by atoms with Gasteiger partial charge in [0.05, 0.1) is 11.7 Å². The molecule has 12 heavy (non-hydrogen) atoms. The maximum Gasteiger partial charge on any atom is 0.0903 e. The Morgan fingerprint density at radius 1 is 1.50 bits per heavy atom. The van der Waals surface area contributed by atoms with Gasteiger partial charge in [0.25, 0.3) is 0 Å². The van der Waals surface area contributed by atoms with Gasteiger partial charge in [-0.25, -0.2) is 0 Å². The monoisotopic (exact) mass is 170 g/mol. The molecule has 0 rings (SSSR count). The highest BCUT2D eigenvalue weighted by Crippen LogP contribution is 2.21. The molecule has 0 amide bonds. The molecule has 0 spiro atoms. The Balaban J connectivity index is 4.20. The van der Waals surface area contributed by atoms with Crippen LogP contribution in [0.3, 0.4) is 0 Å². The van der Waals surface area contributed by atoms with Gasteiger partial charge in [-0.1, -0.05) is 20.4 Å². The number of hydrogen-bond donors (Lipinski definition) is 2. The predicted molar refractivity (Wildman–Crippen MR) is 49.9 cm³/mol. The zero-order valence-electron chi connectivity index (χ0n) is 7.88. The van der Waals surface area contributed by atoms with E-state index < -0.39 is 11.7 Å². The van der Waals surface area contributed by atoms with Gasteiger partial charge in [0.2, 0.25) is 0 Å². The Kier molecular flexibility index (Phi) is 4.91. The minimum Gasteiger partial charge on any atom is -0.390 e. The van der Waals surface area contributed by atoms with E-state index in [0.717, 1.165) is 0 Å². The lowest BCUT2D eigenvalue weighted by molar-refractivity contribution is -0.0778. The van der Waals surface area contributed by atoms with Crippen molar-refractivity contribution in [3.05, 3.63) is 18.4 Å². The molecule has 0 saturated heterocycles. The maximum atomic E-state index is 9.81. The van der Waals surface area contributed by atoms with Crippen molar-refractivity contribution in [3.8, 4) is 0 Å². The fourth-order valence-electron chi connectivity index (χ4n) is 1.14. The average Bonchev–Trinajstić information content (AvgIpc) is 2.12. The summed E-state index contributed by atoms with van der Waals surface area (Å²) in [4.78, 5) is 0. The molecule has 0 radical (unpaired) electrons. The van der Waals surface area contributed by atoms with Crippen LogP contribution in [0.1, 0.15) is 33.1 Å². The molecule has 70 valence electrons. The molecule has 2 N–H and O–H groups in total. The summed E-state index contributed by atoms with van der Waals surface area (Å²) in [7, 11) is 0. The van der Waals surface area contributed by atoms with Crippen LogP contribution >= 0.6 is 0 Å². The van der Waals surface area contributed by atoms with E-state index in [4.69, 9.17) is 0 Å². The molecule has 0 aliphatic heterocycles. The summed E-state index contributed by atoms with van der Waals surface area (Å²) >= 11 is 0. The lowest BCUT2D eigenvalue weighted by Gasteiger charge is -2.30. The molecule has 2 heteroatoms. The van der Waals surface area contributed by atoms with Gasteiger partial charge in [0.15, 0.2) is 0 Å². The molecule has 0 fully saturated rings. The van der Waals surface area contributed by atoms with Gasteiger partial charge in [0, 0.05) is 6.42 Å². The van der Waals surface area contributed by atoms with Crippen LogP contribution in [0.5, 0.6) is 0 Å². The minimum atomic E-state index is -0.951. The van der Waals surface area contributed by atoms with Crippen LogP contribution in [0.15, 0.2) is 18.4 Å². The molecule has 0 bridgehead atoms. The summed E-state index contributed by atoms with van der Waals surface area (Å²) in [5.41, 5.74) is 1.62. The molecule has 0 aliphatic carbocycles. The van der Waals surface area contributed by atoms with E-state index in [2.05, 4.69) is 12.3 Å². The predicted octanol–water partition coefficient (Wildman–Crippen LogP) is 1.63. The van der Waals surface area contributed by atoms with E-state index in [1.165, 1.54) is 0 Å². The number of hydrogen-bond acceptors (Lipinski definition) is 2. The van der Waals surface area contributed by atoms with Crippen LogP contribution in [-0.4, -0.2) is 21.9 Å². The summed E-state index contributed by atoms with van der Waals surface area (Å²) in [6.07, 6.45) is 2.48. The van der Waals surface area contributed by atoms with Gasteiger partial charge in [-0.05, 0) is 18.9 Å². The fourth-order valence-corrected chi connectivity index (χ4v) is 1.14. The molecule has 0 aromatic rings. The van der Waals surface area contributed by atoms with Gasteiger partial charge in [0.1, 0.15) is 0 Å². The van der Waals surface area contributed by atoms with E-state index in [0.29, 0.717) is 19.3 Å². The third-order valence-electron chi connectivity index (χ3n) is 2.33. The highest BCUT2D eigenvalue weighted by atomic mass is 16.3. The zero-order chi connectivity index (χ0) is 9.61. The Bertz CT molecular complexity index is 165. The van der Waals surface area contributed by atoms with Crippen LogP contribution in [0, 0.1) is 0 Å². The third-order valence-corrected chi connectivity index (χ3v) is 2.33. The van der Waals surface area contributed by atoms with E-state index >= 15 is 0 Å². The quantitative estimate of drug-likeness (QED) is 0.616. The van der Waals surface area contributed by atoms with Crippen molar-refractivity contribution in [1.82, 2.24) is 0 Å². The molecule has 0 saturated carbocycles. The molecule has 0 aliphatic rings. The largest absolute Gasteiger partial charge is 0.390 e. The first-order valence-electron chi connectivity index (χ1n) is 4.35. The van der Waals surface area contributed by atoms with Crippen LogP contribution in [0.2, 0.25) is 0 Å². The van der Waals surface area contributed by atoms with Gasteiger partial charge in [-0.2, -0.15) is 0 Å². The van der Waals surface area contributed by atoms with Crippen molar-refractivity contribution in [1.29, 1.82) is 0 Å². The molecule has 2 nitrogen and oxygen atoms in total. The standard InChI is InChI=1S/C10H18O2/c1-4-7-8-9(11)10(12,5-2)6-3/h7,9,11-12H,1,5-6,8H2,2-3H3. The highest BCUT2D eigenvalue weighted by Gasteiger charge is 2.30. The van der Waals surface area contributed by atoms with Crippen molar-refractivity contribution in [2.75, 3.05) is 0 Å². The Morgan fingerprint density at radius 3 is 2.33 bits per heavy atom. The van der Waals surface area contributed by atoms with Crippen LogP contribution < -0.4 is 0 Å². The molecular formula is C10H18O2. The molecule has 0 aromatic heterocycles. The molecule has 1 unspecified atom stereocenters. The van der Waals surface area contributed by atoms with Crippen LogP contribution in [0.4, 0.5) is 0 Å². The second kappa shape index (κ2) is 5.15. The van der Waals surface area contributed by atoms with Gasteiger partial charge < -0.3 is 10.2 Å². The SMILES string of the molecule is C=C=CCC(O)C(O)(CC)CC. The molecular weight excluding hydrogens is 152 g/mol. The molecule has 0 heterocycles. The van der Waals surface area contributed by atoms with E-state index in [9.17, 15) is 10.2 Å². The molecule has 1 atom stereocenters. The van der Waals surface area contributed by atoms with Crippen molar-refractivity contribution in [3.63, 3.8) is 0 Å². The maximum absolute atomic E-state index is 9.81. The van der Waals surface area contributed by atoms with E-state index in [1.54, 1.807) is 6.08 Å². The Hall–Kier alpha value is -0.560. The Labute approximate surface area is 74.2 Å². The fraction of sp³-hybridized carbons (Fsp3) is 0.700. The summed E-state index contributed by atoms with van der Waals surface area (Å²) in [6.45, 7) is 7.12. The average molecular weight is 170 g/mol. The summed E-state index contributed by atoms with van der Waals surface area (Å²) in [5.74, 6) is 0. The smallest absolute Gasteiger partial charge is 0.0903 e. The van der Waals surface area contributed by atoms with Crippen molar-refractivity contribution >= 4 is 0 Å². The zero-order valence-corrected chi connectivity index (χ0v) is 7.88. The number of aliphatic hydroxyl groups excluding tert-OH is 1. The van der Waals surface area contributed by atoms with Gasteiger partial charge in [-0.3, -0.25) is 0 Å². The summed E-state index contributed by atoms with van der Waals surface area (Å²) < 4.78 is 0. The Morgan fingerprint density at radius 2 is 2.00 bits per heavy atom. The normalized spacial score (nSPS) is 13.7. The van der Waals surface area contributed by atoms with Crippen LogP contribution in [-0.2, 0) is 0 Å².